The Morgan fingerprint density at radius 1 is 0.591 bits per heavy atom. The number of unbranched alkanes of at least 4 members (excludes halogenated alkanes) is 23. The van der Waals surface area contributed by atoms with Gasteiger partial charge in [0.15, 0.2) is 0 Å². The van der Waals surface area contributed by atoms with Crippen LogP contribution in [0.25, 0.3) is 0 Å². The van der Waals surface area contributed by atoms with Crippen LogP contribution in [0, 0.1) is 0 Å². The molecule has 44 heavy (non-hydrogen) atoms. The van der Waals surface area contributed by atoms with Crippen molar-refractivity contribution in [1.29, 1.82) is 0 Å². The molecule has 0 bridgehead atoms. The molecule has 0 aliphatic carbocycles. The van der Waals surface area contributed by atoms with Gasteiger partial charge in [-0.25, -0.2) is 0 Å². The first kappa shape index (κ1) is 42.1. The largest absolute Gasteiger partial charge is 0.480 e. The van der Waals surface area contributed by atoms with Gasteiger partial charge < -0.3 is 15.2 Å². The lowest BCUT2D eigenvalue weighted by atomic mass is 10.0. The zero-order valence-corrected chi connectivity index (χ0v) is 29.0. The molecule has 0 spiro atoms. The number of carboxylic acid groups (broad SMARTS) is 1. The molecular weight excluding hydrogens is 550 g/mol. The third-order valence-corrected chi connectivity index (χ3v) is 8.42. The van der Waals surface area contributed by atoms with E-state index in [9.17, 15) is 14.4 Å². The van der Waals surface area contributed by atoms with Crippen molar-refractivity contribution in [2.45, 2.75) is 206 Å². The van der Waals surface area contributed by atoms with Gasteiger partial charge in [0, 0.05) is 12.8 Å². The van der Waals surface area contributed by atoms with E-state index < -0.39 is 5.97 Å². The lowest BCUT2D eigenvalue weighted by Gasteiger charge is -2.15. The minimum Gasteiger partial charge on any atom is -0.480 e. The van der Waals surface area contributed by atoms with Crippen molar-refractivity contribution >= 4 is 17.8 Å². The molecule has 0 saturated carbocycles. The Labute approximate surface area is 271 Å². The second-order valence-electron chi connectivity index (χ2n) is 12.8. The number of hydrogen-bond donors (Lipinski definition) is 2. The highest BCUT2D eigenvalue weighted by Crippen LogP contribution is 2.16. The van der Waals surface area contributed by atoms with Gasteiger partial charge in [0.05, 0.1) is 0 Å². The summed E-state index contributed by atoms with van der Waals surface area (Å²) in [7, 11) is 0. The zero-order chi connectivity index (χ0) is 32.4. The van der Waals surface area contributed by atoms with Crippen LogP contribution < -0.4 is 5.32 Å². The first-order valence-electron chi connectivity index (χ1n) is 18.8. The van der Waals surface area contributed by atoms with Crippen LogP contribution in [-0.4, -0.2) is 35.6 Å². The highest BCUT2D eigenvalue weighted by molar-refractivity contribution is 5.80. The number of carbonyl (C=O) groups is 3. The molecule has 258 valence electrons. The number of amides is 1. The molecule has 0 heterocycles. The van der Waals surface area contributed by atoms with Crippen LogP contribution in [0.4, 0.5) is 0 Å². The number of nitrogens with one attached hydrogen (secondary N) is 1. The first-order valence-corrected chi connectivity index (χ1v) is 18.8. The molecule has 1 amide bonds. The number of allylic oxidation sites excluding steroid dienone is 1. The molecule has 0 aliphatic rings. The molecule has 1 atom stereocenters. The maximum Gasteiger partial charge on any atom is 0.322 e. The summed E-state index contributed by atoms with van der Waals surface area (Å²) in [6.45, 7) is 4.21. The van der Waals surface area contributed by atoms with Crippen molar-refractivity contribution in [3.8, 4) is 0 Å². The molecule has 0 aliphatic heterocycles. The molecule has 6 nitrogen and oxygen atoms in total. The van der Waals surface area contributed by atoms with Crippen LogP contribution in [0.3, 0.4) is 0 Å². The Kier molecular flexibility index (Phi) is 32.6. The first-order chi connectivity index (χ1) is 21.5. The van der Waals surface area contributed by atoms with Crippen molar-refractivity contribution in [1.82, 2.24) is 5.32 Å². The predicted molar refractivity (Wildman–Crippen MR) is 185 cm³/mol. The van der Waals surface area contributed by atoms with Crippen LogP contribution in [0.5, 0.6) is 0 Å². The monoisotopic (exact) mass is 622 g/mol. The molecule has 0 aromatic carbocycles. The molecule has 0 fully saturated rings. The number of carboxylic acids is 1. The smallest absolute Gasteiger partial charge is 0.322 e. The Morgan fingerprint density at radius 3 is 1.52 bits per heavy atom. The van der Waals surface area contributed by atoms with Gasteiger partial charge >= 0.3 is 11.9 Å². The van der Waals surface area contributed by atoms with E-state index in [1.807, 2.05) is 0 Å². The van der Waals surface area contributed by atoms with E-state index in [4.69, 9.17) is 9.84 Å². The lowest BCUT2D eigenvalue weighted by Crippen LogP contribution is -2.28. The van der Waals surface area contributed by atoms with Gasteiger partial charge in [-0.05, 0) is 44.6 Å². The van der Waals surface area contributed by atoms with E-state index in [1.54, 1.807) is 0 Å². The maximum atomic E-state index is 12.6. The summed E-state index contributed by atoms with van der Waals surface area (Å²) < 4.78 is 5.92. The normalized spacial score (nSPS) is 12.0. The van der Waals surface area contributed by atoms with Crippen molar-refractivity contribution < 1.29 is 24.2 Å². The van der Waals surface area contributed by atoms with Gasteiger partial charge in [0.2, 0.25) is 5.91 Å². The second kappa shape index (κ2) is 34.0. The molecule has 0 radical (unpaired) electrons. The summed E-state index contributed by atoms with van der Waals surface area (Å²) in [5.74, 6) is -1.26. The average molecular weight is 622 g/mol. The third-order valence-electron chi connectivity index (χ3n) is 8.42. The number of esters is 1. The lowest BCUT2D eigenvalue weighted by molar-refractivity contribution is -0.147. The van der Waals surface area contributed by atoms with Gasteiger partial charge in [0.25, 0.3) is 0 Å². The molecule has 0 aromatic rings. The van der Waals surface area contributed by atoms with Crippen LogP contribution >= 0.6 is 0 Å². The Hall–Kier alpha value is -1.85. The number of rotatable bonds is 34. The molecular formula is C38H71NO5. The highest BCUT2D eigenvalue weighted by Gasteiger charge is 2.11. The van der Waals surface area contributed by atoms with Crippen LogP contribution in [0.2, 0.25) is 0 Å². The van der Waals surface area contributed by atoms with Crippen molar-refractivity contribution in [3.63, 3.8) is 0 Å². The molecule has 1 unspecified atom stereocenters. The SMILES string of the molecule is CCCCCCCC/C=C\C(CCCCCCCCC(=O)NCC(=O)O)OC(=O)CCCCCCCCCCCCCCC. The fourth-order valence-corrected chi connectivity index (χ4v) is 5.60. The highest BCUT2D eigenvalue weighted by atomic mass is 16.5. The van der Waals surface area contributed by atoms with E-state index in [2.05, 4.69) is 31.3 Å². The predicted octanol–water partition coefficient (Wildman–Crippen LogP) is 11.0. The summed E-state index contributed by atoms with van der Waals surface area (Å²) in [4.78, 5) is 34.7. The van der Waals surface area contributed by atoms with Gasteiger partial charge in [-0.3, -0.25) is 14.4 Å². The van der Waals surface area contributed by atoms with Gasteiger partial charge in [-0.2, -0.15) is 0 Å². The van der Waals surface area contributed by atoms with E-state index in [0.717, 1.165) is 64.2 Å². The van der Waals surface area contributed by atoms with Gasteiger partial charge in [-0.1, -0.05) is 155 Å². The van der Waals surface area contributed by atoms with Gasteiger partial charge in [-0.15, -0.1) is 0 Å². The summed E-state index contributed by atoms with van der Waals surface area (Å²) in [6.07, 6.45) is 37.7. The van der Waals surface area contributed by atoms with E-state index in [0.29, 0.717) is 12.8 Å². The fraction of sp³-hybridized carbons (Fsp3) is 0.868. The topological polar surface area (TPSA) is 92.7 Å². The van der Waals surface area contributed by atoms with Crippen LogP contribution in [0.1, 0.15) is 200 Å². The van der Waals surface area contributed by atoms with E-state index >= 15 is 0 Å². The summed E-state index contributed by atoms with van der Waals surface area (Å²) in [6, 6.07) is 0. The van der Waals surface area contributed by atoms with E-state index in [-0.39, 0.29) is 24.5 Å². The number of aliphatic carboxylic acids is 1. The molecule has 0 aromatic heterocycles. The quantitative estimate of drug-likeness (QED) is 0.0423. The third kappa shape index (κ3) is 33.1. The summed E-state index contributed by atoms with van der Waals surface area (Å²) in [5, 5.41) is 11.0. The minimum atomic E-state index is -1.01. The van der Waals surface area contributed by atoms with Crippen LogP contribution in [0.15, 0.2) is 12.2 Å². The standard InChI is InChI=1S/C38H71NO5/c1-3-5-7-9-11-13-14-15-16-17-19-25-29-33-38(43)44-35(30-26-22-18-12-10-8-6-4-2)31-27-23-20-21-24-28-32-36(40)39-34-37(41)42/h26,30,35H,3-25,27-29,31-34H2,1-2H3,(H,39,40)(H,41,42)/b30-26-. The van der Waals surface area contributed by atoms with E-state index in [1.165, 1.54) is 109 Å². The fourth-order valence-electron chi connectivity index (χ4n) is 5.60. The zero-order valence-electron chi connectivity index (χ0n) is 29.0. The Balaban J connectivity index is 4.13. The van der Waals surface area contributed by atoms with Crippen molar-refractivity contribution in [2.24, 2.45) is 0 Å². The Bertz CT molecular complexity index is 693. The Morgan fingerprint density at radius 2 is 1.02 bits per heavy atom. The van der Waals surface area contributed by atoms with Crippen molar-refractivity contribution in [2.75, 3.05) is 6.54 Å². The van der Waals surface area contributed by atoms with Crippen LogP contribution in [-0.2, 0) is 19.1 Å². The van der Waals surface area contributed by atoms with Gasteiger partial charge in [0.1, 0.15) is 12.6 Å². The molecule has 0 saturated heterocycles. The number of ether oxygens (including phenoxy) is 1. The number of hydrogen-bond acceptors (Lipinski definition) is 4. The summed E-state index contributed by atoms with van der Waals surface area (Å²) >= 11 is 0. The number of carbonyl (C=O) groups excluding carboxylic acids is 2. The summed E-state index contributed by atoms with van der Waals surface area (Å²) in [5.41, 5.74) is 0. The van der Waals surface area contributed by atoms with Crippen molar-refractivity contribution in [3.05, 3.63) is 12.2 Å². The second-order valence-corrected chi connectivity index (χ2v) is 12.8. The molecule has 2 N–H and O–H groups in total. The maximum absolute atomic E-state index is 12.6. The average Bonchev–Trinajstić information content (AvgIpc) is 3.00. The molecule has 0 rings (SSSR count). The molecule has 6 heteroatoms. The minimum absolute atomic E-state index is 0.0523.